The van der Waals surface area contributed by atoms with E-state index in [0.29, 0.717) is 5.71 Å². The fraction of sp³-hybridized carbons (Fsp3) is 0.250. The Labute approximate surface area is 150 Å². The lowest BCUT2D eigenvalue weighted by molar-refractivity contribution is 0.576. The van der Waals surface area contributed by atoms with Crippen LogP contribution in [0.1, 0.15) is 31.9 Å². The summed E-state index contributed by atoms with van der Waals surface area (Å²) in [6, 6.07) is 16.1. The van der Waals surface area contributed by atoms with Gasteiger partial charge in [-0.3, -0.25) is 0 Å². The number of benzene rings is 2. The van der Waals surface area contributed by atoms with Crippen molar-refractivity contribution in [3.05, 3.63) is 65.7 Å². The predicted octanol–water partition coefficient (Wildman–Crippen LogP) is 3.73. The van der Waals surface area contributed by atoms with E-state index >= 15 is 0 Å². The lowest BCUT2D eigenvalue weighted by atomic mass is 9.90. The number of rotatable bonds is 3. The third kappa shape index (κ3) is 5.47. The molecule has 0 aliphatic carbocycles. The van der Waals surface area contributed by atoms with Crippen LogP contribution < -0.4 is 4.83 Å². The second-order valence-electron chi connectivity index (χ2n) is 6.73. The summed E-state index contributed by atoms with van der Waals surface area (Å²) in [5.74, 6) is 6.00. The van der Waals surface area contributed by atoms with Crippen LogP contribution in [0.25, 0.3) is 0 Å². The molecule has 0 unspecified atom stereocenters. The monoisotopic (exact) mass is 354 g/mol. The van der Waals surface area contributed by atoms with Gasteiger partial charge in [0.1, 0.15) is 5.71 Å². The number of hydrogen-bond acceptors (Lipinski definition) is 3. The first-order chi connectivity index (χ1) is 11.7. The van der Waals surface area contributed by atoms with E-state index in [0.717, 1.165) is 11.1 Å². The van der Waals surface area contributed by atoms with Gasteiger partial charge >= 0.3 is 0 Å². The minimum atomic E-state index is -3.72. The lowest BCUT2D eigenvalue weighted by Gasteiger charge is -2.17. The van der Waals surface area contributed by atoms with Crippen LogP contribution in [0, 0.1) is 24.2 Å². The van der Waals surface area contributed by atoms with Gasteiger partial charge < -0.3 is 0 Å². The van der Waals surface area contributed by atoms with Crippen molar-refractivity contribution in [2.45, 2.75) is 32.6 Å². The van der Waals surface area contributed by atoms with E-state index in [2.05, 4.69) is 21.8 Å². The van der Waals surface area contributed by atoms with Crippen LogP contribution in [0.2, 0.25) is 0 Å². The van der Waals surface area contributed by atoms with E-state index in [4.69, 9.17) is 0 Å². The average molecular weight is 354 g/mol. The molecule has 5 heteroatoms. The van der Waals surface area contributed by atoms with Gasteiger partial charge in [0.05, 0.1) is 4.90 Å². The maximum atomic E-state index is 12.4. The quantitative estimate of drug-likeness (QED) is 0.519. The molecule has 1 N–H and O–H groups in total. The number of hydrazone groups is 1. The molecule has 0 bridgehead atoms. The second-order valence-corrected chi connectivity index (χ2v) is 8.40. The van der Waals surface area contributed by atoms with E-state index in [-0.39, 0.29) is 4.90 Å². The summed E-state index contributed by atoms with van der Waals surface area (Å²) in [5, 5.41) is 4.09. The maximum absolute atomic E-state index is 12.4. The Balaban J connectivity index is 2.30. The first-order valence-electron chi connectivity index (χ1n) is 7.92. The summed E-state index contributed by atoms with van der Waals surface area (Å²) in [6.45, 7) is 7.71. The Bertz CT molecular complexity index is 912. The third-order valence-electron chi connectivity index (χ3n) is 3.42. The summed E-state index contributed by atoms with van der Waals surface area (Å²) in [7, 11) is -3.72. The number of nitrogens with zero attached hydrogens (tertiary/aromatic N) is 1. The first-order valence-corrected chi connectivity index (χ1v) is 9.40. The molecule has 130 valence electrons. The highest BCUT2D eigenvalue weighted by Gasteiger charge is 2.19. The molecule has 4 nitrogen and oxygen atoms in total. The van der Waals surface area contributed by atoms with E-state index in [9.17, 15) is 8.42 Å². The largest absolute Gasteiger partial charge is 0.276 e. The Morgan fingerprint density at radius 1 is 1.00 bits per heavy atom. The highest BCUT2D eigenvalue weighted by molar-refractivity contribution is 7.89. The molecule has 0 spiro atoms. The standard InChI is InChI=1S/C20H22N2O2S/c1-16-10-13-18(14-11-16)25(23,24)22-21-19(20(2,3)4)15-12-17-8-6-5-7-9-17/h5-11,13-14,22H,1-4H3/b21-19-. The molecule has 0 aliphatic heterocycles. The highest BCUT2D eigenvalue weighted by atomic mass is 32.2. The van der Waals surface area contributed by atoms with Crippen molar-refractivity contribution in [1.82, 2.24) is 4.83 Å². The van der Waals surface area contributed by atoms with E-state index in [1.165, 1.54) is 0 Å². The average Bonchev–Trinajstić information content (AvgIpc) is 2.55. The van der Waals surface area contributed by atoms with Gasteiger partial charge in [-0.15, -0.1) is 0 Å². The Kier molecular flexibility index (Phi) is 5.66. The second kappa shape index (κ2) is 7.54. The molecule has 2 rings (SSSR count). The van der Waals surface area contributed by atoms with Crippen molar-refractivity contribution in [3.63, 3.8) is 0 Å². The summed E-state index contributed by atoms with van der Waals surface area (Å²) in [5.41, 5.74) is 1.91. The van der Waals surface area contributed by atoms with Gasteiger partial charge in [-0.2, -0.15) is 18.4 Å². The zero-order valence-electron chi connectivity index (χ0n) is 14.9. The third-order valence-corrected chi connectivity index (χ3v) is 4.64. The summed E-state index contributed by atoms with van der Waals surface area (Å²) >= 11 is 0. The van der Waals surface area contributed by atoms with Gasteiger partial charge in [-0.1, -0.05) is 62.6 Å². The van der Waals surface area contributed by atoms with Crippen molar-refractivity contribution < 1.29 is 8.42 Å². The molecule has 0 heterocycles. The molecule has 0 radical (unpaired) electrons. The minimum absolute atomic E-state index is 0.172. The fourth-order valence-corrected chi connectivity index (χ4v) is 2.72. The normalized spacial score (nSPS) is 12.2. The fourth-order valence-electron chi connectivity index (χ4n) is 1.91. The molecule has 25 heavy (non-hydrogen) atoms. The zero-order chi connectivity index (χ0) is 18.5. The molecule has 0 saturated carbocycles. The van der Waals surface area contributed by atoms with Crippen molar-refractivity contribution in [2.75, 3.05) is 0 Å². The van der Waals surface area contributed by atoms with Gasteiger partial charge in [0.2, 0.25) is 0 Å². The van der Waals surface area contributed by atoms with Crippen molar-refractivity contribution >= 4 is 15.7 Å². The number of sulfonamides is 1. The van der Waals surface area contributed by atoms with Crippen LogP contribution in [-0.4, -0.2) is 14.1 Å². The lowest BCUT2D eigenvalue weighted by Crippen LogP contribution is -2.25. The van der Waals surface area contributed by atoms with E-state index < -0.39 is 15.4 Å². The molecule has 0 atom stereocenters. The van der Waals surface area contributed by atoms with Crippen molar-refractivity contribution in [1.29, 1.82) is 0 Å². The molecule has 0 aliphatic rings. The van der Waals surface area contributed by atoms with Crippen LogP contribution in [0.3, 0.4) is 0 Å². The molecule has 2 aromatic carbocycles. The van der Waals surface area contributed by atoms with Crippen LogP contribution in [-0.2, 0) is 10.0 Å². The molecular weight excluding hydrogens is 332 g/mol. The van der Waals surface area contributed by atoms with Gasteiger partial charge in [-0.05, 0) is 37.1 Å². The number of hydrogen-bond donors (Lipinski definition) is 1. The van der Waals surface area contributed by atoms with Gasteiger partial charge in [0.15, 0.2) is 0 Å². The van der Waals surface area contributed by atoms with Crippen molar-refractivity contribution in [2.24, 2.45) is 10.5 Å². The van der Waals surface area contributed by atoms with Crippen LogP contribution in [0.5, 0.6) is 0 Å². The minimum Gasteiger partial charge on any atom is -0.200 e. The predicted molar refractivity (Wildman–Crippen MR) is 102 cm³/mol. The topological polar surface area (TPSA) is 58.5 Å². The molecule has 0 fully saturated rings. The van der Waals surface area contributed by atoms with Crippen molar-refractivity contribution in [3.8, 4) is 11.8 Å². The molecule has 0 aromatic heterocycles. The molecule has 0 saturated heterocycles. The van der Waals surface area contributed by atoms with Gasteiger partial charge in [0, 0.05) is 11.0 Å². The number of nitrogens with one attached hydrogen (secondary N) is 1. The molecule has 2 aromatic rings. The van der Waals surface area contributed by atoms with Crippen LogP contribution in [0.15, 0.2) is 64.6 Å². The van der Waals surface area contributed by atoms with Crippen LogP contribution >= 0.6 is 0 Å². The van der Waals surface area contributed by atoms with E-state index in [1.807, 2.05) is 58.0 Å². The molecule has 0 amide bonds. The summed E-state index contributed by atoms with van der Waals surface area (Å²) < 4.78 is 24.8. The smallest absolute Gasteiger partial charge is 0.200 e. The van der Waals surface area contributed by atoms with E-state index in [1.54, 1.807) is 24.3 Å². The van der Waals surface area contributed by atoms with Crippen LogP contribution in [0.4, 0.5) is 0 Å². The zero-order valence-corrected chi connectivity index (χ0v) is 15.7. The maximum Gasteiger partial charge on any atom is 0.276 e. The summed E-state index contributed by atoms with van der Waals surface area (Å²) in [4.78, 5) is 2.47. The van der Waals surface area contributed by atoms with Gasteiger partial charge in [-0.25, -0.2) is 0 Å². The summed E-state index contributed by atoms with van der Waals surface area (Å²) in [6.07, 6.45) is 0. The van der Waals surface area contributed by atoms with Gasteiger partial charge in [0.25, 0.3) is 10.0 Å². The first kappa shape index (κ1) is 18.8. The Hall–Kier alpha value is -2.58. The SMILES string of the molecule is Cc1ccc(S(=O)(=O)N/N=C(/C#Cc2ccccc2)C(C)(C)C)cc1. The Morgan fingerprint density at radius 2 is 1.60 bits per heavy atom. The highest BCUT2D eigenvalue weighted by Crippen LogP contribution is 2.16. The molecular formula is C20H22N2O2S. The number of aryl methyl sites for hydroxylation is 1. The Morgan fingerprint density at radius 3 is 2.16 bits per heavy atom.